The summed E-state index contributed by atoms with van der Waals surface area (Å²) in [7, 11) is 0. The largest absolute Gasteiger partial charge is 0.504 e. The van der Waals surface area contributed by atoms with E-state index in [2.05, 4.69) is 30.9 Å². The molecule has 2 heterocycles. The van der Waals surface area contributed by atoms with Gasteiger partial charge in [-0.2, -0.15) is 0 Å². The number of hydrogen-bond donors (Lipinski definition) is 4. The van der Waals surface area contributed by atoms with Gasteiger partial charge >= 0.3 is 0 Å². The predicted molar refractivity (Wildman–Crippen MR) is 82.0 cm³/mol. The van der Waals surface area contributed by atoms with E-state index >= 15 is 0 Å². The first kappa shape index (κ1) is 13.8. The van der Waals surface area contributed by atoms with Gasteiger partial charge in [0.1, 0.15) is 5.82 Å². The van der Waals surface area contributed by atoms with Gasteiger partial charge in [-0.25, -0.2) is 9.97 Å². The second-order valence-electron chi connectivity index (χ2n) is 4.78. The molecule has 0 fully saturated rings. The van der Waals surface area contributed by atoms with E-state index in [1.165, 1.54) is 12.1 Å². The van der Waals surface area contributed by atoms with E-state index in [1.54, 1.807) is 12.3 Å². The molecule has 6 nitrogen and oxygen atoms in total. The molecule has 5 N–H and O–H groups in total. The van der Waals surface area contributed by atoms with Crippen molar-refractivity contribution in [3.05, 3.63) is 46.3 Å². The molecule has 1 unspecified atom stereocenters. The molecule has 21 heavy (non-hydrogen) atoms. The molecule has 3 aromatic rings. The number of rotatable bonds is 3. The van der Waals surface area contributed by atoms with Crippen LogP contribution in [-0.4, -0.2) is 25.2 Å². The molecule has 7 heteroatoms. The summed E-state index contributed by atoms with van der Waals surface area (Å²) in [4.78, 5) is 11.7. The fourth-order valence-corrected chi connectivity index (χ4v) is 2.45. The Labute approximate surface area is 128 Å². The van der Waals surface area contributed by atoms with Crippen molar-refractivity contribution in [2.45, 2.75) is 12.5 Å². The van der Waals surface area contributed by atoms with E-state index < -0.39 is 0 Å². The summed E-state index contributed by atoms with van der Waals surface area (Å²) in [5.41, 5.74) is 8.37. The van der Waals surface area contributed by atoms with Crippen molar-refractivity contribution in [3.8, 4) is 11.5 Å². The van der Waals surface area contributed by atoms with E-state index in [-0.39, 0.29) is 17.5 Å². The molecule has 0 spiro atoms. The van der Waals surface area contributed by atoms with E-state index in [9.17, 15) is 10.2 Å². The number of halogens is 1. The van der Waals surface area contributed by atoms with Crippen LogP contribution in [0.25, 0.3) is 11.2 Å². The third-order valence-electron chi connectivity index (χ3n) is 3.17. The van der Waals surface area contributed by atoms with E-state index in [0.29, 0.717) is 17.9 Å². The summed E-state index contributed by atoms with van der Waals surface area (Å²) >= 11 is 3.35. The van der Waals surface area contributed by atoms with Gasteiger partial charge < -0.3 is 20.9 Å². The summed E-state index contributed by atoms with van der Waals surface area (Å²) in [6.07, 6.45) is 2.16. The van der Waals surface area contributed by atoms with Crippen LogP contribution < -0.4 is 5.73 Å². The topological polar surface area (TPSA) is 108 Å². The lowest BCUT2D eigenvalue weighted by atomic mass is 10.1. The summed E-state index contributed by atoms with van der Waals surface area (Å²) < 4.78 is 0.863. The third kappa shape index (κ3) is 2.84. The highest BCUT2D eigenvalue weighted by Crippen LogP contribution is 2.27. The molecule has 3 rings (SSSR count). The van der Waals surface area contributed by atoms with Gasteiger partial charge in [0.05, 0.1) is 11.6 Å². The number of nitrogens with one attached hydrogen (secondary N) is 1. The van der Waals surface area contributed by atoms with Crippen molar-refractivity contribution in [1.82, 2.24) is 15.0 Å². The van der Waals surface area contributed by atoms with Crippen LogP contribution in [-0.2, 0) is 6.42 Å². The molecule has 0 bridgehead atoms. The standard InChI is InChI=1S/C14H13BrN4O2/c15-8-5-10-14(17-6-8)19-13(18-10)9(16)3-7-1-2-11(20)12(21)4-7/h1-2,4-6,9,20-21H,3,16H2,(H,17,18,19). The number of nitrogens with zero attached hydrogens (tertiary/aromatic N) is 2. The fourth-order valence-electron chi connectivity index (χ4n) is 2.12. The zero-order valence-electron chi connectivity index (χ0n) is 10.9. The number of phenols is 2. The van der Waals surface area contributed by atoms with Crippen molar-refractivity contribution in [3.63, 3.8) is 0 Å². The third-order valence-corrected chi connectivity index (χ3v) is 3.60. The lowest BCUT2D eigenvalue weighted by Gasteiger charge is -2.09. The summed E-state index contributed by atoms with van der Waals surface area (Å²) in [6, 6.07) is 6.17. The molecule has 0 amide bonds. The average molecular weight is 349 g/mol. The van der Waals surface area contributed by atoms with Crippen LogP contribution in [0.2, 0.25) is 0 Å². The van der Waals surface area contributed by atoms with Crippen LogP contribution >= 0.6 is 15.9 Å². The van der Waals surface area contributed by atoms with Crippen LogP contribution in [0.3, 0.4) is 0 Å². The molecule has 1 atom stereocenters. The SMILES string of the molecule is NC(Cc1ccc(O)c(O)c1)c1nc2ncc(Br)cc2[nH]1. The number of nitrogens with two attached hydrogens (primary N) is 1. The highest BCUT2D eigenvalue weighted by Gasteiger charge is 2.14. The van der Waals surface area contributed by atoms with Crippen molar-refractivity contribution < 1.29 is 10.2 Å². The maximum absolute atomic E-state index is 9.50. The normalized spacial score (nSPS) is 12.7. The Morgan fingerprint density at radius 3 is 2.81 bits per heavy atom. The second-order valence-corrected chi connectivity index (χ2v) is 5.70. The van der Waals surface area contributed by atoms with Gasteiger partial charge in [-0.15, -0.1) is 0 Å². The number of aromatic hydroxyl groups is 2. The number of fused-ring (bicyclic) bond motifs is 1. The number of phenolic OH excluding ortho intramolecular Hbond substituents is 2. The maximum atomic E-state index is 9.50. The number of imidazole rings is 1. The average Bonchev–Trinajstić information content (AvgIpc) is 2.86. The minimum Gasteiger partial charge on any atom is -0.504 e. The Balaban J connectivity index is 1.85. The summed E-state index contributed by atoms with van der Waals surface area (Å²) in [5, 5.41) is 18.8. The first-order valence-electron chi connectivity index (χ1n) is 6.30. The molecule has 0 aliphatic heterocycles. The quantitative estimate of drug-likeness (QED) is 0.543. The fraction of sp³-hybridized carbons (Fsp3) is 0.143. The zero-order valence-corrected chi connectivity index (χ0v) is 12.5. The van der Waals surface area contributed by atoms with E-state index in [4.69, 9.17) is 5.73 Å². The molecule has 1 aromatic carbocycles. The monoisotopic (exact) mass is 348 g/mol. The smallest absolute Gasteiger partial charge is 0.177 e. The Hall–Kier alpha value is -2.12. The number of benzene rings is 1. The molecule has 0 aliphatic carbocycles. The zero-order chi connectivity index (χ0) is 15.0. The molecular weight excluding hydrogens is 336 g/mol. The van der Waals surface area contributed by atoms with Crippen molar-refractivity contribution in [1.29, 1.82) is 0 Å². The maximum Gasteiger partial charge on any atom is 0.177 e. The molecule has 0 radical (unpaired) electrons. The summed E-state index contributed by atoms with van der Waals surface area (Å²) in [5.74, 6) is 0.322. The lowest BCUT2D eigenvalue weighted by Crippen LogP contribution is -2.14. The number of aromatic amines is 1. The van der Waals surface area contributed by atoms with Gasteiger partial charge in [0.15, 0.2) is 17.1 Å². The van der Waals surface area contributed by atoms with Gasteiger partial charge in [-0.1, -0.05) is 6.07 Å². The van der Waals surface area contributed by atoms with E-state index in [1.807, 2.05) is 6.07 Å². The highest BCUT2D eigenvalue weighted by atomic mass is 79.9. The van der Waals surface area contributed by atoms with Gasteiger partial charge in [-0.05, 0) is 46.1 Å². The molecule has 0 saturated carbocycles. The van der Waals surface area contributed by atoms with Crippen LogP contribution in [0.4, 0.5) is 0 Å². The number of aromatic nitrogens is 3. The summed E-state index contributed by atoms with van der Waals surface area (Å²) in [6.45, 7) is 0. The second kappa shape index (κ2) is 5.34. The van der Waals surface area contributed by atoms with Crippen molar-refractivity contribution in [2.75, 3.05) is 0 Å². The van der Waals surface area contributed by atoms with Crippen molar-refractivity contribution in [2.24, 2.45) is 5.73 Å². The minimum absolute atomic E-state index is 0.148. The molecule has 108 valence electrons. The van der Waals surface area contributed by atoms with Crippen molar-refractivity contribution >= 4 is 27.1 Å². The van der Waals surface area contributed by atoms with Gasteiger partial charge in [-0.3, -0.25) is 0 Å². The predicted octanol–water partition coefficient (Wildman–Crippen LogP) is 2.37. The molecule has 2 aromatic heterocycles. The molecule has 0 saturated heterocycles. The molecular formula is C14H13BrN4O2. The number of H-pyrrole nitrogens is 1. The highest BCUT2D eigenvalue weighted by molar-refractivity contribution is 9.10. The lowest BCUT2D eigenvalue weighted by molar-refractivity contribution is 0.403. The Morgan fingerprint density at radius 2 is 2.05 bits per heavy atom. The van der Waals surface area contributed by atoms with E-state index in [0.717, 1.165) is 15.6 Å². The van der Waals surface area contributed by atoms with Gasteiger partial charge in [0, 0.05) is 10.7 Å². The van der Waals surface area contributed by atoms with Crippen LogP contribution in [0.1, 0.15) is 17.4 Å². The van der Waals surface area contributed by atoms with Gasteiger partial charge in [0.2, 0.25) is 0 Å². The minimum atomic E-state index is -0.359. The number of pyridine rings is 1. The Morgan fingerprint density at radius 1 is 1.24 bits per heavy atom. The van der Waals surface area contributed by atoms with Gasteiger partial charge in [0.25, 0.3) is 0 Å². The first-order chi connectivity index (χ1) is 10.0. The Bertz CT molecular complexity index is 803. The first-order valence-corrected chi connectivity index (χ1v) is 7.10. The molecule has 0 aliphatic rings. The van der Waals surface area contributed by atoms with Crippen LogP contribution in [0.15, 0.2) is 34.9 Å². The van der Waals surface area contributed by atoms with Crippen LogP contribution in [0, 0.1) is 0 Å². The Kier molecular flexibility index (Phi) is 3.52. The van der Waals surface area contributed by atoms with Crippen LogP contribution in [0.5, 0.6) is 11.5 Å². The number of hydrogen-bond acceptors (Lipinski definition) is 5.